The molecule has 2 aromatic rings. The Kier molecular flexibility index (Phi) is 3.52. The predicted octanol–water partition coefficient (Wildman–Crippen LogP) is 1.34. The average Bonchev–Trinajstić information content (AvgIpc) is 3.19. The van der Waals surface area contributed by atoms with Crippen LogP contribution in [0, 0.1) is 5.92 Å². The van der Waals surface area contributed by atoms with E-state index in [0.717, 1.165) is 5.69 Å². The van der Waals surface area contributed by atoms with Crippen molar-refractivity contribution >= 4 is 5.91 Å². The number of nitrogens with zero attached hydrogens (tertiary/aromatic N) is 2. The van der Waals surface area contributed by atoms with Gasteiger partial charge in [-0.2, -0.15) is 5.10 Å². The summed E-state index contributed by atoms with van der Waals surface area (Å²) in [4.78, 5) is 12.0. The van der Waals surface area contributed by atoms with E-state index in [1.165, 1.54) is 12.8 Å². The van der Waals surface area contributed by atoms with Gasteiger partial charge in [0, 0.05) is 30.5 Å². The molecule has 5 nitrogen and oxygen atoms in total. The molecular formula is C15H18N4O. The van der Waals surface area contributed by atoms with Crippen LogP contribution in [0.4, 0.5) is 0 Å². The molecule has 1 amide bonds. The normalized spacial score (nSPS) is 15.8. The molecule has 0 bridgehead atoms. The molecule has 1 atom stereocenters. The topological polar surface area (TPSA) is 72.9 Å². The zero-order valence-electron chi connectivity index (χ0n) is 11.2. The summed E-state index contributed by atoms with van der Waals surface area (Å²) in [5.41, 5.74) is 7.54. The maximum Gasteiger partial charge on any atom is 0.251 e. The average molecular weight is 270 g/mol. The Bertz CT molecular complexity index is 572. The number of carbonyl (C=O) groups excluding carboxylic acids is 1. The van der Waals surface area contributed by atoms with E-state index in [9.17, 15) is 4.79 Å². The van der Waals surface area contributed by atoms with Gasteiger partial charge in [-0.15, -0.1) is 0 Å². The Labute approximate surface area is 117 Å². The van der Waals surface area contributed by atoms with E-state index >= 15 is 0 Å². The van der Waals surface area contributed by atoms with E-state index in [4.69, 9.17) is 5.73 Å². The fraction of sp³-hybridized carbons (Fsp3) is 0.333. The van der Waals surface area contributed by atoms with Crippen molar-refractivity contribution in [2.75, 3.05) is 6.54 Å². The molecule has 0 saturated heterocycles. The van der Waals surface area contributed by atoms with E-state index in [1.54, 1.807) is 23.0 Å². The number of hydrogen-bond donors (Lipinski definition) is 2. The minimum atomic E-state index is -0.0758. The van der Waals surface area contributed by atoms with E-state index in [-0.39, 0.29) is 11.9 Å². The summed E-state index contributed by atoms with van der Waals surface area (Å²) in [6.07, 6.45) is 5.97. The molecule has 3 rings (SSSR count). The lowest BCUT2D eigenvalue weighted by molar-refractivity contribution is 0.0950. The first-order valence-electron chi connectivity index (χ1n) is 6.88. The third kappa shape index (κ3) is 2.88. The summed E-state index contributed by atoms with van der Waals surface area (Å²) in [7, 11) is 0. The lowest BCUT2D eigenvalue weighted by atomic mass is 10.1. The highest BCUT2D eigenvalue weighted by atomic mass is 16.1. The van der Waals surface area contributed by atoms with Crippen LogP contribution in [0.25, 0.3) is 5.69 Å². The molecule has 1 aromatic heterocycles. The first kappa shape index (κ1) is 12.9. The van der Waals surface area contributed by atoms with Gasteiger partial charge in [0.25, 0.3) is 5.91 Å². The zero-order chi connectivity index (χ0) is 13.9. The second-order valence-corrected chi connectivity index (χ2v) is 5.21. The van der Waals surface area contributed by atoms with E-state index in [1.807, 2.05) is 24.4 Å². The quantitative estimate of drug-likeness (QED) is 0.861. The standard InChI is InChI=1S/C15H18N4O/c16-14(11-2-3-11)10-17-15(20)12-4-6-13(7-5-12)19-9-1-8-18-19/h1,4-9,11,14H,2-3,10,16H2,(H,17,20). The van der Waals surface area contributed by atoms with Crippen LogP contribution < -0.4 is 11.1 Å². The second kappa shape index (κ2) is 5.46. The minimum Gasteiger partial charge on any atom is -0.350 e. The molecule has 1 unspecified atom stereocenters. The highest BCUT2D eigenvalue weighted by molar-refractivity contribution is 5.94. The number of carbonyl (C=O) groups is 1. The maximum absolute atomic E-state index is 12.0. The van der Waals surface area contributed by atoms with E-state index in [0.29, 0.717) is 18.0 Å². The molecule has 1 aromatic carbocycles. The van der Waals surface area contributed by atoms with Crippen molar-refractivity contribution in [3.63, 3.8) is 0 Å². The van der Waals surface area contributed by atoms with Crippen LogP contribution in [0.15, 0.2) is 42.7 Å². The molecule has 1 aliphatic carbocycles. The molecule has 0 radical (unpaired) electrons. The van der Waals surface area contributed by atoms with Crippen LogP contribution in [-0.2, 0) is 0 Å². The Morgan fingerprint density at radius 3 is 2.75 bits per heavy atom. The van der Waals surface area contributed by atoms with Gasteiger partial charge in [-0.3, -0.25) is 4.79 Å². The van der Waals surface area contributed by atoms with Crippen molar-refractivity contribution in [3.05, 3.63) is 48.3 Å². The number of rotatable bonds is 5. The van der Waals surface area contributed by atoms with Crippen molar-refractivity contribution in [1.82, 2.24) is 15.1 Å². The van der Waals surface area contributed by atoms with Crippen LogP contribution in [0.3, 0.4) is 0 Å². The summed E-state index contributed by atoms with van der Waals surface area (Å²) in [6.45, 7) is 0.546. The van der Waals surface area contributed by atoms with Gasteiger partial charge in [-0.1, -0.05) is 0 Å². The summed E-state index contributed by atoms with van der Waals surface area (Å²) in [5, 5.41) is 7.03. The summed E-state index contributed by atoms with van der Waals surface area (Å²) >= 11 is 0. The van der Waals surface area contributed by atoms with E-state index < -0.39 is 0 Å². The smallest absolute Gasteiger partial charge is 0.251 e. The minimum absolute atomic E-state index is 0.0758. The number of hydrogen-bond acceptors (Lipinski definition) is 3. The number of nitrogens with one attached hydrogen (secondary N) is 1. The van der Waals surface area contributed by atoms with Gasteiger partial charge in [0.15, 0.2) is 0 Å². The number of amides is 1. The van der Waals surface area contributed by atoms with Crippen molar-refractivity contribution in [2.45, 2.75) is 18.9 Å². The molecular weight excluding hydrogens is 252 g/mol. The number of benzene rings is 1. The van der Waals surface area contributed by atoms with Crippen LogP contribution in [0.5, 0.6) is 0 Å². The van der Waals surface area contributed by atoms with Crippen LogP contribution in [-0.4, -0.2) is 28.3 Å². The first-order chi connectivity index (χ1) is 9.74. The van der Waals surface area contributed by atoms with Crippen LogP contribution in [0.1, 0.15) is 23.2 Å². The molecule has 1 saturated carbocycles. The van der Waals surface area contributed by atoms with E-state index in [2.05, 4.69) is 10.4 Å². The van der Waals surface area contributed by atoms with Gasteiger partial charge in [0.2, 0.25) is 0 Å². The maximum atomic E-state index is 12.0. The van der Waals surface area contributed by atoms with Gasteiger partial charge in [-0.05, 0) is 49.1 Å². The molecule has 1 fully saturated rings. The molecule has 1 aliphatic rings. The Hall–Kier alpha value is -2.14. The Morgan fingerprint density at radius 1 is 1.40 bits per heavy atom. The Balaban J connectivity index is 1.60. The molecule has 5 heteroatoms. The van der Waals surface area contributed by atoms with Crippen LogP contribution >= 0.6 is 0 Å². The third-order valence-corrected chi connectivity index (χ3v) is 3.62. The molecule has 1 heterocycles. The monoisotopic (exact) mass is 270 g/mol. The predicted molar refractivity (Wildman–Crippen MR) is 76.6 cm³/mol. The SMILES string of the molecule is NC(CNC(=O)c1ccc(-n2cccn2)cc1)C1CC1. The summed E-state index contributed by atoms with van der Waals surface area (Å²) in [6, 6.07) is 9.30. The van der Waals surface area contributed by atoms with Gasteiger partial charge in [-0.25, -0.2) is 4.68 Å². The molecule has 20 heavy (non-hydrogen) atoms. The fourth-order valence-corrected chi connectivity index (χ4v) is 2.19. The fourth-order valence-electron chi connectivity index (χ4n) is 2.19. The number of nitrogens with two attached hydrogens (primary N) is 1. The van der Waals surface area contributed by atoms with Crippen molar-refractivity contribution in [1.29, 1.82) is 0 Å². The number of aromatic nitrogens is 2. The Morgan fingerprint density at radius 2 is 2.15 bits per heavy atom. The molecule has 3 N–H and O–H groups in total. The summed E-state index contributed by atoms with van der Waals surface area (Å²) < 4.78 is 1.75. The van der Waals surface area contributed by atoms with Crippen molar-refractivity contribution < 1.29 is 4.79 Å². The summed E-state index contributed by atoms with van der Waals surface area (Å²) in [5.74, 6) is 0.519. The van der Waals surface area contributed by atoms with Gasteiger partial charge in [0.1, 0.15) is 0 Å². The second-order valence-electron chi connectivity index (χ2n) is 5.21. The molecule has 104 valence electrons. The van der Waals surface area contributed by atoms with Crippen LogP contribution in [0.2, 0.25) is 0 Å². The molecule has 0 aliphatic heterocycles. The van der Waals surface area contributed by atoms with Gasteiger partial charge >= 0.3 is 0 Å². The van der Waals surface area contributed by atoms with Gasteiger partial charge < -0.3 is 11.1 Å². The first-order valence-corrected chi connectivity index (χ1v) is 6.88. The molecule has 0 spiro atoms. The highest BCUT2D eigenvalue weighted by Crippen LogP contribution is 2.31. The van der Waals surface area contributed by atoms with Crippen molar-refractivity contribution in [2.24, 2.45) is 11.7 Å². The third-order valence-electron chi connectivity index (χ3n) is 3.62. The van der Waals surface area contributed by atoms with Crippen molar-refractivity contribution in [3.8, 4) is 5.69 Å². The highest BCUT2D eigenvalue weighted by Gasteiger charge is 2.28. The lowest BCUT2D eigenvalue weighted by Crippen LogP contribution is -2.38. The largest absolute Gasteiger partial charge is 0.350 e. The zero-order valence-corrected chi connectivity index (χ0v) is 11.2. The van der Waals surface area contributed by atoms with Gasteiger partial charge in [0.05, 0.1) is 5.69 Å². The lowest BCUT2D eigenvalue weighted by Gasteiger charge is -2.11.